The summed E-state index contributed by atoms with van der Waals surface area (Å²) >= 11 is 0. The molecule has 2 amide bonds. The molecule has 6 nitrogen and oxygen atoms in total. The second-order valence-electron chi connectivity index (χ2n) is 7.39. The number of carbonyl (C=O) groups excluding carboxylic acids is 2. The Bertz CT molecular complexity index is 678. The summed E-state index contributed by atoms with van der Waals surface area (Å²) in [7, 11) is 0. The van der Waals surface area contributed by atoms with Crippen LogP contribution in [0.2, 0.25) is 0 Å². The number of hydrogen-bond donors (Lipinski definition) is 0. The Hall–Kier alpha value is -2.34. The number of benzene rings is 1. The summed E-state index contributed by atoms with van der Waals surface area (Å²) < 4.78 is 10.8. The van der Waals surface area contributed by atoms with Gasteiger partial charge in [-0.3, -0.25) is 0 Å². The van der Waals surface area contributed by atoms with E-state index >= 15 is 0 Å². The minimum atomic E-state index is -0.708. The number of nitrogens with zero attached hydrogens (tertiary/aromatic N) is 2. The van der Waals surface area contributed by atoms with Crippen molar-refractivity contribution in [3.63, 3.8) is 0 Å². The van der Waals surface area contributed by atoms with Crippen molar-refractivity contribution in [2.45, 2.75) is 39.4 Å². The van der Waals surface area contributed by atoms with Crippen molar-refractivity contribution in [3.8, 4) is 0 Å². The molecule has 1 atom stereocenters. The molecule has 1 aliphatic carbocycles. The third kappa shape index (κ3) is 4.20. The van der Waals surface area contributed by atoms with Gasteiger partial charge in [0, 0.05) is 13.1 Å². The number of rotatable bonds is 3. The molecule has 25 heavy (non-hydrogen) atoms. The Morgan fingerprint density at radius 3 is 2.44 bits per heavy atom. The van der Waals surface area contributed by atoms with E-state index in [0.29, 0.717) is 19.0 Å². The summed E-state index contributed by atoms with van der Waals surface area (Å²) in [5.74, 6) is 0.423. The minimum Gasteiger partial charge on any atom is -0.443 e. The molecule has 1 aromatic rings. The Morgan fingerprint density at radius 2 is 1.92 bits per heavy atom. The van der Waals surface area contributed by atoms with Crippen LogP contribution in [-0.2, 0) is 16.1 Å². The Morgan fingerprint density at radius 1 is 1.20 bits per heavy atom. The van der Waals surface area contributed by atoms with Crippen LogP contribution in [0.15, 0.2) is 42.0 Å². The van der Waals surface area contributed by atoms with Crippen LogP contribution in [-0.4, -0.2) is 40.9 Å². The van der Waals surface area contributed by atoms with Crippen molar-refractivity contribution in [2.75, 3.05) is 13.1 Å². The van der Waals surface area contributed by atoms with Gasteiger partial charge < -0.3 is 9.47 Å². The third-order valence-corrected chi connectivity index (χ3v) is 4.21. The van der Waals surface area contributed by atoms with Crippen LogP contribution in [0.4, 0.5) is 9.59 Å². The zero-order valence-corrected chi connectivity index (χ0v) is 14.9. The second kappa shape index (κ2) is 6.88. The summed E-state index contributed by atoms with van der Waals surface area (Å²) in [5, 5.41) is 2.72. The number of hydrazine groups is 1. The van der Waals surface area contributed by atoms with Gasteiger partial charge in [0.15, 0.2) is 0 Å². The van der Waals surface area contributed by atoms with Crippen LogP contribution in [0.1, 0.15) is 32.8 Å². The number of hydrogen-bond acceptors (Lipinski definition) is 5. The van der Waals surface area contributed by atoms with Crippen LogP contribution in [0.5, 0.6) is 0 Å². The third-order valence-electron chi connectivity index (χ3n) is 4.21. The van der Waals surface area contributed by atoms with Gasteiger partial charge in [-0.05, 0) is 38.7 Å². The highest BCUT2D eigenvalue weighted by atomic mass is 16.6. The highest BCUT2D eigenvalue weighted by Crippen LogP contribution is 2.35. The van der Waals surface area contributed by atoms with Gasteiger partial charge in [0.1, 0.15) is 12.2 Å². The number of imide groups is 1. The van der Waals surface area contributed by atoms with E-state index in [4.69, 9.17) is 9.47 Å². The van der Waals surface area contributed by atoms with Crippen LogP contribution in [0, 0.1) is 5.92 Å². The number of fused-ring (bicyclic) bond motifs is 1. The fourth-order valence-electron chi connectivity index (χ4n) is 2.91. The van der Waals surface area contributed by atoms with Gasteiger partial charge in [-0.1, -0.05) is 42.0 Å². The number of allylic oxidation sites excluding steroid dienone is 1. The Balaban J connectivity index is 1.69. The number of carbonyl (C=O) groups is 2. The van der Waals surface area contributed by atoms with E-state index in [1.807, 2.05) is 30.3 Å². The maximum absolute atomic E-state index is 12.6. The molecule has 0 radical (unpaired) electrons. The quantitative estimate of drug-likeness (QED) is 0.782. The van der Waals surface area contributed by atoms with E-state index < -0.39 is 17.8 Å². The molecule has 2 aliphatic rings. The SMILES string of the molecule is CC(C)(C)OC(=O)N(C(=O)OCc1ccccc1)N1CC2=CCC2C1. The van der Waals surface area contributed by atoms with E-state index in [1.165, 1.54) is 5.57 Å². The highest BCUT2D eigenvalue weighted by molar-refractivity contribution is 5.87. The molecule has 1 aromatic carbocycles. The highest BCUT2D eigenvalue weighted by Gasteiger charge is 2.41. The van der Waals surface area contributed by atoms with Crippen molar-refractivity contribution in [1.82, 2.24) is 10.0 Å². The van der Waals surface area contributed by atoms with Gasteiger partial charge in [0.2, 0.25) is 0 Å². The molecule has 1 heterocycles. The average Bonchev–Trinajstić information content (AvgIpc) is 2.80. The molecule has 1 fully saturated rings. The van der Waals surface area contributed by atoms with Crippen molar-refractivity contribution < 1.29 is 19.1 Å². The van der Waals surface area contributed by atoms with Crippen LogP contribution in [0.3, 0.4) is 0 Å². The normalized spacial score (nSPS) is 19.5. The molecule has 1 unspecified atom stereocenters. The van der Waals surface area contributed by atoms with E-state index in [2.05, 4.69) is 6.08 Å². The molecule has 0 N–H and O–H groups in total. The van der Waals surface area contributed by atoms with E-state index in [1.54, 1.807) is 25.8 Å². The predicted molar refractivity (Wildman–Crippen MR) is 92.5 cm³/mol. The molecular weight excluding hydrogens is 320 g/mol. The van der Waals surface area contributed by atoms with Crippen LogP contribution in [0.25, 0.3) is 0 Å². The lowest BCUT2D eigenvalue weighted by molar-refractivity contribution is -0.0379. The minimum absolute atomic E-state index is 0.110. The molecule has 1 saturated heterocycles. The maximum atomic E-state index is 12.6. The lowest BCUT2D eigenvalue weighted by Crippen LogP contribution is -2.51. The average molecular weight is 344 g/mol. The van der Waals surface area contributed by atoms with Crippen molar-refractivity contribution in [3.05, 3.63) is 47.5 Å². The topological polar surface area (TPSA) is 59.1 Å². The number of amides is 2. The molecule has 6 heteroatoms. The maximum Gasteiger partial charge on any atom is 0.435 e. The zero-order valence-electron chi connectivity index (χ0n) is 14.9. The van der Waals surface area contributed by atoms with Gasteiger partial charge in [0.25, 0.3) is 0 Å². The van der Waals surface area contributed by atoms with Crippen LogP contribution >= 0.6 is 0 Å². The van der Waals surface area contributed by atoms with Crippen molar-refractivity contribution in [2.24, 2.45) is 5.92 Å². The smallest absolute Gasteiger partial charge is 0.435 e. The summed E-state index contributed by atoms with van der Waals surface area (Å²) in [6, 6.07) is 9.38. The van der Waals surface area contributed by atoms with E-state index in [0.717, 1.165) is 17.0 Å². The number of ether oxygens (including phenoxy) is 2. The predicted octanol–water partition coefficient (Wildman–Crippen LogP) is 3.74. The van der Waals surface area contributed by atoms with E-state index in [-0.39, 0.29) is 6.61 Å². The van der Waals surface area contributed by atoms with E-state index in [9.17, 15) is 9.59 Å². The summed E-state index contributed by atoms with van der Waals surface area (Å²) in [6.07, 6.45) is 1.73. The first-order chi connectivity index (χ1) is 11.8. The summed E-state index contributed by atoms with van der Waals surface area (Å²) in [5.41, 5.74) is 1.45. The fourth-order valence-corrected chi connectivity index (χ4v) is 2.91. The van der Waals surface area contributed by atoms with Gasteiger partial charge in [-0.2, -0.15) is 0 Å². The first kappa shape index (κ1) is 17.5. The van der Waals surface area contributed by atoms with Crippen molar-refractivity contribution >= 4 is 12.2 Å². The van der Waals surface area contributed by atoms with Gasteiger partial charge in [-0.15, -0.1) is 5.01 Å². The Labute approximate surface area is 148 Å². The van der Waals surface area contributed by atoms with Gasteiger partial charge in [0.05, 0.1) is 0 Å². The first-order valence-electron chi connectivity index (χ1n) is 8.51. The summed E-state index contributed by atoms with van der Waals surface area (Å²) in [6.45, 7) is 6.62. The fraction of sp³-hybridized carbons (Fsp3) is 0.474. The Kier molecular flexibility index (Phi) is 4.81. The molecule has 0 bridgehead atoms. The van der Waals surface area contributed by atoms with Gasteiger partial charge in [-0.25, -0.2) is 14.6 Å². The molecule has 0 spiro atoms. The standard InChI is InChI=1S/C19H24N2O4/c1-19(2,3)25-18(23)21(20-11-15-9-10-16(15)12-20)17(22)24-13-14-7-5-4-6-8-14/h4-9,16H,10-13H2,1-3H3. The molecule has 0 aromatic heterocycles. The molecule has 134 valence electrons. The molecule has 0 saturated carbocycles. The lowest BCUT2D eigenvalue weighted by Gasteiger charge is -2.30. The lowest BCUT2D eigenvalue weighted by atomic mass is 9.88. The monoisotopic (exact) mass is 344 g/mol. The van der Waals surface area contributed by atoms with Gasteiger partial charge >= 0.3 is 12.2 Å². The molecular formula is C19H24N2O4. The first-order valence-corrected chi connectivity index (χ1v) is 8.51. The summed E-state index contributed by atoms with van der Waals surface area (Å²) in [4.78, 5) is 25.2. The molecule has 3 rings (SSSR count). The van der Waals surface area contributed by atoms with Crippen LogP contribution < -0.4 is 0 Å². The molecule has 1 aliphatic heterocycles. The largest absolute Gasteiger partial charge is 0.443 e. The second-order valence-corrected chi connectivity index (χ2v) is 7.39. The van der Waals surface area contributed by atoms with Crippen molar-refractivity contribution in [1.29, 1.82) is 0 Å². The zero-order chi connectivity index (χ0) is 18.0.